The van der Waals surface area contributed by atoms with E-state index >= 15 is 0 Å². The van der Waals surface area contributed by atoms with Crippen molar-refractivity contribution in [3.05, 3.63) is 0 Å². The fourth-order valence-corrected chi connectivity index (χ4v) is 4.61. The summed E-state index contributed by atoms with van der Waals surface area (Å²) >= 11 is 0. The predicted molar refractivity (Wildman–Crippen MR) is 147 cm³/mol. The molecule has 0 aromatic carbocycles. The molecule has 0 saturated heterocycles. The van der Waals surface area contributed by atoms with Gasteiger partial charge in [0.2, 0.25) is 0 Å². The van der Waals surface area contributed by atoms with E-state index in [2.05, 4.69) is 39.5 Å². The molecule has 0 fully saturated rings. The lowest BCUT2D eigenvalue weighted by Crippen LogP contribution is -2.33. The van der Waals surface area contributed by atoms with Crippen molar-refractivity contribution in [3.63, 3.8) is 0 Å². The summed E-state index contributed by atoms with van der Waals surface area (Å²) in [4.78, 5) is 2.63. The standard InChI is InChI=1S/C29H61N.ClH/c1-6-8-9-10-11-12-13-14-15-16-17-18-19-20-21-22-23-24-25-26-27-30(7-2)28-29(3,4)5;/h6-28H2,1-5H3;1H. The van der Waals surface area contributed by atoms with Gasteiger partial charge in [-0.25, -0.2) is 0 Å². The highest BCUT2D eigenvalue weighted by molar-refractivity contribution is 5.85. The largest absolute Gasteiger partial charge is 0.303 e. The molecule has 1 nitrogen and oxygen atoms in total. The molecule has 0 aromatic heterocycles. The minimum atomic E-state index is 0. The van der Waals surface area contributed by atoms with Gasteiger partial charge >= 0.3 is 0 Å². The summed E-state index contributed by atoms with van der Waals surface area (Å²) in [6.45, 7) is 15.4. The third-order valence-corrected chi connectivity index (χ3v) is 6.47. The van der Waals surface area contributed by atoms with E-state index < -0.39 is 0 Å². The van der Waals surface area contributed by atoms with Crippen LogP contribution in [-0.2, 0) is 0 Å². The van der Waals surface area contributed by atoms with Gasteiger partial charge in [0.1, 0.15) is 0 Å². The number of nitrogens with zero attached hydrogens (tertiary/aromatic N) is 1. The first-order valence-corrected chi connectivity index (χ1v) is 14.2. The van der Waals surface area contributed by atoms with Gasteiger partial charge in [-0.05, 0) is 24.9 Å². The molecule has 190 valence electrons. The zero-order valence-electron chi connectivity index (χ0n) is 22.6. The van der Waals surface area contributed by atoms with Crippen molar-refractivity contribution in [2.45, 2.75) is 163 Å². The first-order valence-electron chi connectivity index (χ1n) is 14.2. The van der Waals surface area contributed by atoms with Crippen LogP contribution in [0.15, 0.2) is 0 Å². The first kappa shape index (κ1) is 33.4. The summed E-state index contributed by atoms with van der Waals surface area (Å²) < 4.78 is 0. The molecule has 0 rings (SSSR count). The lowest BCUT2D eigenvalue weighted by molar-refractivity contribution is 0.196. The fraction of sp³-hybridized carbons (Fsp3) is 1.00. The van der Waals surface area contributed by atoms with Gasteiger partial charge in [0.15, 0.2) is 0 Å². The maximum Gasteiger partial charge on any atom is 0.00299 e. The van der Waals surface area contributed by atoms with E-state index in [0.29, 0.717) is 5.41 Å². The molecule has 0 amide bonds. The second-order valence-electron chi connectivity index (χ2n) is 11.1. The van der Waals surface area contributed by atoms with E-state index in [-0.39, 0.29) is 12.4 Å². The topological polar surface area (TPSA) is 3.24 Å². The predicted octanol–water partition coefficient (Wildman–Crippen LogP) is 10.6. The van der Waals surface area contributed by atoms with Gasteiger partial charge in [-0.1, -0.05) is 157 Å². The van der Waals surface area contributed by atoms with Crippen LogP contribution in [0.2, 0.25) is 0 Å². The average Bonchev–Trinajstić information content (AvgIpc) is 2.70. The van der Waals surface area contributed by atoms with Gasteiger partial charge in [-0.3, -0.25) is 0 Å². The minimum Gasteiger partial charge on any atom is -0.303 e. The molecule has 0 heterocycles. The van der Waals surface area contributed by atoms with E-state index in [1.807, 2.05) is 0 Å². The lowest BCUT2D eigenvalue weighted by atomic mass is 9.96. The van der Waals surface area contributed by atoms with Crippen LogP contribution < -0.4 is 0 Å². The van der Waals surface area contributed by atoms with E-state index in [1.54, 1.807) is 0 Å². The minimum absolute atomic E-state index is 0. The van der Waals surface area contributed by atoms with Crippen LogP contribution in [0.25, 0.3) is 0 Å². The maximum atomic E-state index is 2.63. The summed E-state index contributed by atoms with van der Waals surface area (Å²) in [5.74, 6) is 0. The number of hydrogen-bond donors (Lipinski definition) is 0. The molecular weight excluding hydrogens is 398 g/mol. The van der Waals surface area contributed by atoms with Gasteiger partial charge < -0.3 is 4.90 Å². The van der Waals surface area contributed by atoms with Crippen LogP contribution in [0, 0.1) is 5.41 Å². The van der Waals surface area contributed by atoms with Crippen molar-refractivity contribution in [3.8, 4) is 0 Å². The van der Waals surface area contributed by atoms with Crippen molar-refractivity contribution in [2.24, 2.45) is 5.41 Å². The molecule has 0 spiro atoms. The second kappa shape index (κ2) is 24.9. The van der Waals surface area contributed by atoms with Crippen molar-refractivity contribution < 1.29 is 0 Å². The summed E-state index contributed by atoms with van der Waals surface area (Å²) in [6.07, 6.45) is 29.3. The maximum absolute atomic E-state index is 2.63. The van der Waals surface area contributed by atoms with Crippen LogP contribution >= 0.6 is 12.4 Å². The SMILES string of the molecule is CCCCCCCCCCCCCCCCCCCCCCN(CC)CC(C)(C)C.Cl. The van der Waals surface area contributed by atoms with E-state index in [9.17, 15) is 0 Å². The zero-order valence-corrected chi connectivity index (χ0v) is 23.4. The molecule has 31 heavy (non-hydrogen) atoms. The molecule has 0 saturated carbocycles. The highest BCUT2D eigenvalue weighted by atomic mass is 35.5. The molecule has 0 N–H and O–H groups in total. The molecule has 0 bridgehead atoms. The van der Waals surface area contributed by atoms with Crippen LogP contribution in [0.1, 0.15) is 163 Å². The van der Waals surface area contributed by atoms with Crippen LogP contribution in [-0.4, -0.2) is 24.5 Å². The molecule has 0 aliphatic heterocycles. The van der Waals surface area contributed by atoms with Gasteiger partial charge in [-0.15, -0.1) is 12.4 Å². The molecule has 0 atom stereocenters. The van der Waals surface area contributed by atoms with Gasteiger partial charge in [0.25, 0.3) is 0 Å². The normalized spacial score (nSPS) is 11.8. The Balaban J connectivity index is 0. The highest BCUT2D eigenvalue weighted by Gasteiger charge is 2.14. The summed E-state index contributed by atoms with van der Waals surface area (Å²) in [5, 5.41) is 0. The van der Waals surface area contributed by atoms with Crippen LogP contribution in [0.4, 0.5) is 0 Å². The summed E-state index contributed by atoms with van der Waals surface area (Å²) in [7, 11) is 0. The van der Waals surface area contributed by atoms with Gasteiger partial charge in [-0.2, -0.15) is 0 Å². The third-order valence-electron chi connectivity index (χ3n) is 6.47. The van der Waals surface area contributed by atoms with E-state index in [0.717, 1.165) is 0 Å². The Morgan fingerprint density at radius 3 is 1.00 bits per heavy atom. The fourth-order valence-electron chi connectivity index (χ4n) is 4.61. The smallest absolute Gasteiger partial charge is 0.00299 e. The zero-order chi connectivity index (χ0) is 22.3. The lowest BCUT2D eigenvalue weighted by Gasteiger charge is -2.28. The Hall–Kier alpha value is 0.250. The van der Waals surface area contributed by atoms with Crippen LogP contribution in [0.5, 0.6) is 0 Å². The van der Waals surface area contributed by atoms with Crippen molar-refractivity contribution >= 4 is 12.4 Å². The third kappa shape index (κ3) is 28.2. The Morgan fingerprint density at radius 1 is 0.452 bits per heavy atom. The van der Waals surface area contributed by atoms with Crippen molar-refractivity contribution in [2.75, 3.05) is 19.6 Å². The molecular formula is C29H62ClN. The number of hydrogen-bond acceptors (Lipinski definition) is 1. The number of halogens is 1. The first-order chi connectivity index (χ1) is 14.5. The number of rotatable bonds is 23. The highest BCUT2D eigenvalue weighted by Crippen LogP contribution is 2.17. The molecule has 0 aromatic rings. The molecule has 0 radical (unpaired) electrons. The molecule has 0 unspecified atom stereocenters. The quantitative estimate of drug-likeness (QED) is 0.137. The van der Waals surface area contributed by atoms with E-state index in [4.69, 9.17) is 0 Å². The monoisotopic (exact) mass is 459 g/mol. The molecule has 0 aliphatic carbocycles. The molecule has 0 aliphatic rings. The summed E-state index contributed by atoms with van der Waals surface area (Å²) in [5.41, 5.74) is 0.434. The Bertz CT molecular complexity index is 323. The Morgan fingerprint density at radius 2 is 0.742 bits per heavy atom. The summed E-state index contributed by atoms with van der Waals surface area (Å²) in [6, 6.07) is 0. The molecule has 2 heteroatoms. The number of unbranched alkanes of at least 4 members (excludes halogenated alkanes) is 19. The Labute approximate surface area is 205 Å². The van der Waals surface area contributed by atoms with Crippen molar-refractivity contribution in [1.82, 2.24) is 4.90 Å². The average molecular weight is 460 g/mol. The van der Waals surface area contributed by atoms with Gasteiger partial charge in [0.05, 0.1) is 0 Å². The van der Waals surface area contributed by atoms with Crippen LogP contribution in [0.3, 0.4) is 0 Å². The van der Waals surface area contributed by atoms with Gasteiger partial charge in [0, 0.05) is 6.54 Å². The van der Waals surface area contributed by atoms with E-state index in [1.165, 1.54) is 148 Å². The Kier molecular flexibility index (Phi) is 26.8. The second-order valence-corrected chi connectivity index (χ2v) is 11.1. The van der Waals surface area contributed by atoms with Crippen molar-refractivity contribution in [1.29, 1.82) is 0 Å².